The molecule has 1 amide bonds. The maximum absolute atomic E-state index is 12.4. The monoisotopic (exact) mass is 492 g/mol. The summed E-state index contributed by atoms with van der Waals surface area (Å²) in [5, 5.41) is 3.87. The van der Waals surface area contributed by atoms with Crippen LogP contribution in [0.5, 0.6) is 5.75 Å². The van der Waals surface area contributed by atoms with Crippen LogP contribution in [0.25, 0.3) is 0 Å². The summed E-state index contributed by atoms with van der Waals surface area (Å²) in [6, 6.07) is 20.4. The van der Waals surface area contributed by atoms with Crippen LogP contribution in [-0.4, -0.2) is 33.7 Å². The summed E-state index contributed by atoms with van der Waals surface area (Å²) >= 11 is 12.0. The van der Waals surface area contributed by atoms with Crippen LogP contribution in [0.1, 0.15) is 15.9 Å². The number of nitrogens with zero attached hydrogens (tertiary/aromatic N) is 1. The van der Waals surface area contributed by atoms with Gasteiger partial charge in [-0.3, -0.25) is 9.10 Å². The molecule has 0 saturated heterocycles. The van der Waals surface area contributed by atoms with Crippen molar-refractivity contribution in [2.24, 2.45) is 0 Å². The van der Waals surface area contributed by atoms with Gasteiger partial charge in [-0.2, -0.15) is 0 Å². The Morgan fingerprint density at radius 3 is 2.25 bits per heavy atom. The van der Waals surface area contributed by atoms with Gasteiger partial charge in [0.25, 0.3) is 5.91 Å². The molecule has 0 aromatic heterocycles. The zero-order valence-electron chi connectivity index (χ0n) is 17.3. The molecular formula is C23H22Cl2N2O4S. The minimum Gasteiger partial charge on any atom is -0.492 e. The van der Waals surface area contributed by atoms with E-state index in [1.54, 1.807) is 72.8 Å². The molecule has 3 aromatic carbocycles. The topological polar surface area (TPSA) is 75.7 Å². The van der Waals surface area contributed by atoms with Crippen molar-refractivity contribution in [2.75, 3.05) is 23.7 Å². The van der Waals surface area contributed by atoms with Crippen LogP contribution in [-0.2, 0) is 16.6 Å². The first-order chi connectivity index (χ1) is 15.2. The van der Waals surface area contributed by atoms with E-state index in [4.69, 9.17) is 27.9 Å². The molecule has 1 N–H and O–H groups in total. The van der Waals surface area contributed by atoms with Crippen LogP contribution in [0.2, 0.25) is 10.0 Å². The molecule has 0 bridgehead atoms. The van der Waals surface area contributed by atoms with Gasteiger partial charge in [-0.15, -0.1) is 0 Å². The number of carbonyl (C=O) groups excluding carboxylic acids is 1. The molecule has 0 spiro atoms. The molecule has 9 heteroatoms. The van der Waals surface area contributed by atoms with E-state index in [1.165, 1.54) is 4.31 Å². The van der Waals surface area contributed by atoms with Crippen LogP contribution in [0.3, 0.4) is 0 Å². The molecular weight excluding hydrogens is 471 g/mol. The standard InChI is InChI=1S/C23H22Cl2N2O4S/c1-32(29,30)27(16-18-4-2-3-5-22(18)25)20-10-6-17(7-11-20)23(28)26-14-15-31-21-12-8-19(24)9-13-21/h2-13H,14-16H2,1H3,(H,26,28). The lowest BCUT2D eigenvalue weighted by Crippen LogP contribution is -2.30. The summed E-state index contributed by atoms with van der Waals surface area (Å²) < 4.78 is 31.5. The minimum atomic E-state index is -3.56. The number of halogens is 2. The highest BCUT2D eigenvalue weighted by atomic mass is 35.5. The maximum atomic E-state index is 12.4. The number of hydrogen-bond donors (Lipinski definition) is 1. The first kappa shape index (κ1) is 23.9. The number of anilines is 1. The molecule has 3 aromatic rings. The molecule has 0 fully saturated rings. The van der Waals surface area contributed by atoms with E-state index in [9.17, 15) is 13.2 Å². The molecule has 0 aliphatic carbocycles. The van der Waals surface area contributed by atoms with Gasteiger partial charge in [-0.1, -0.05) is 41.4 Å². The zero-order chi connectivity index (χ0) is 23.1. The van der Waals surface area contributed by atoms with Gasteiger partial charge in [0, 0.05) is 15.6 Å². The highest BCUT2D eigenvalue weighted by Gasteiger charge is 2.19. The molecule has 168 valence electrons. The number of benzene rings is 3. The number of nitrogens with one attached hydrogen (secondary N) is 1. The molecule has 6 nitrogen and oxygen atoms in total. The third-order valence-electron chi connectivity index (χ3n) is 4.56. The van der Waals surface area contributed by atoms with E-state index in [2.05, 4.69) is 5.32 Å². The Labute approximate surface area is 197 Å². The quantitative estimate of drug-likeness (QED) is 0.436. The van der Waals surface area contributed by atoms with Gasteiger partial charge >= 0.3 is 0 Å². The fraction of sp³-hybridized carbons (Fsp3) is 0.174. The average molecular weight is 493 g/mol. The normalized spacial score (nSPS) is 11.1. The Morgan fingerprint density at radius 1 is 0.969 bits per heavy atom. The Kier molecular flexibility index (Phi) is 8.01. The number of amides is 1. The minimum absolute atomic E-state index is 0.0894. The van der Waals surface area contributed by atoms with E-state index in [-0.39, 0.29) is 12.5 Å². The largest absolute Gasteiger partial charge is 0.492 e. The predicted molar refractivity (Wildman–Crippen MR) is 128 cm³/mol. The number of sulfonamides is 1. The number of hydrogen-bond acceptors (Lipinski definition) is 4. The van der Waals surface area contributed by atoms with Gasteiger partial charge in [0.2, 0.25) is 10.0 Å². The van der Waals surface area contributed by atoms with Gasteiger partial charge < -0.3 is 10.1 Å². The van der Waals surface area contributed by atoms with Crippen molar-refractivity contribution in [1.82, 2.24) is 5.32 Å². The van der Waals surface area contributed by atoms with Gasteiger partial charge in [-0.05, 0) is 60.2 Å². The fourth-order valence-electron chi connectivity index (χ4n) is 2.93. The lowest BCUT2D eigenvalue weighted by Gasteiger charge is -2.23. The lowest BCUT2D eigenvalue weighted by atomic mass is 10.1. The third kappa shape index (κ3) is 6.63. The SMILES string of the molecule is CS(=O)(=O)N(Cc1ccccc1Cl)c1ccc(C(=O)NCCOc2ccc(Cl)cc2)cc1. The average Bonchev–Trinajstić information content (AvgIpc) is 2.76. The van der Waals surface area contributed by atoms with E-state index >= 15 is 0 Å². The second-order valence-electron chi connectivity index (χ2n) is 6.97. The molecule has 0 saturated carbocycles. The van der Waals surface area contributed by atoms with Gasteiger partial charge in [-0.25, -0.2) is 8.42 Å². The Morgan fingerprint density at radius 2 is 1.62 bits per heavy atom. The van der Waals surface area contributed by atoms with Crippen molar-refractivity contribution < 1.29 is 17.9 Å². The Bertz CT molecular complexity index is 1170. The summed E-state index contributed by atoms with van der Waals surface area (Å²) in [5.74, 6) is 0.376. The van der Waals surface area contributed by atoms with E-state index < -0.39 is 10.0 Å². The zero-order valence-corrected chi connectivity index (χ0v) is 19.6. The maximum Gasteiger partial charge on any atom is 0.251 e. The van der Waals surface area contributed by atoms with Crippen molar-refractivity contribution in [3.8, 4) is 5.75 Å². The van der Waals surface area contributed by atoms with Crippen molar-refractivity contribution in [1.29, 1.82) is 0 Å². The van der Waals surface area contributed by atoms with E-state index in [0.29, 0.717) is 45.8 Å². The van der Waals surface area contributed by atoms with Crippen LogP contribution in [0.15, 0.2) is 72.8 Å². The van der Waals surface area contributed by atoms with Crippen LogP contribution >= 0.6 is 23.2 Å². The molecule has 0 aliphatic heterocycles. The van der Waals surface area contributed by atoms with Gasteiger partial charge in [0.1, 0.15) is 12.4 Å². The predicted octanol–water partition coefficient (Wildman–Crippen LogP) is 4.77. The van der Waals surface area contributed by atoms with E-state index in [0.717, 1.165) is 6.26 Å². The van der Waals surface area contributed by atoms with Crippen molar-refractivity contribution >= 4 is 44.8 Å². The summed E-state index contributed by atoms with van der Waals surface area (Å²) in [5.41, 5.74) is 1.53. The molecule has 0 heterocycles. The highest BCUT2D eigenvalue weighted by molar-refractivity contribution is 7.92. The lowest BCUT2D eigenvalue weighted by molar-refractivity contribution is 0.0947. The molecule has 0 radical (unpaired) electrons. The van der Waals surface area contributed by atoms with Gasteiger partial charge in [0.15, 0.2) is 0 Å². The first-order valence-electron chi connectivity index (χ1n) is 9.72. The van der Waals surface area contributed by atoms with Crippen molar-refractivity contribution in [3.63, 3.8) is 0 Å². The Hall–Kier alpha value is -2.74. The first-order valence-corrected chi connectivity index (χ1v) is 12.3. The van der Waals surface area contributed by atoms with Crippen LogP contribution in [0.4, 0.5) is 5.69 Å². The summed E-state index contributed by atoms with van der Waals surface area (Å²) in [4.78, 5) is 12.4. The summed E-state index contributed by atoms with van der Waals surface area (Å²) in [6.45, 7) is 0.697. The van der Waals surface area contributed by atoms with Crippen molar-refractivity contribution in [3.05, 3.63) is 94.0 Å². The number of carbonyl (C=O) groups is 1. The summed E-state index contributed by atoms with van der Waals surface area (Å²) in [6.07, 6.45) is 1.13. The number of ether oxygens (including phenoxy) is 1. The Balaban J connectivity index is 1.61. The molecule has 3 rings (SSSR count). The van der Waals surface area contributed by atoms with E-state index in [1.807, 2.05) is 0 Å². The van der Waals surface area contributed by atoms with Crippen molar-refractivity contribution in [2.45, 2.75) is 6.54 Å². The third-order valence-corrected chi connectivity index (χ3v) is 6.32. The molecule has 32 heavy (non-hydrogen) atoms. The smallest absolute Gasteiger partial charge is 0.251 e. The van der Waals surface area contributed by atoms with Crippen LogP contribution in [0, 0.1) is 0 Å². The molecule has 0 atom stereocenters. The fourth-order valence-corrected chi connectivity index (χ4v) is 4.13. The second-order valence-corrected chi connectivity index (χ2v) is 9.72. The van der Waals surface area contributed by atoms with Gasteiger partial charge in [0.05, 0.1) is 25.0 Å². The molecule has 0 aliphatic rings. The number of rotatable bonds is 9. The molecule has 0 unspecified atom stereocenters. The summed E-state index contributed by atoms with van der Waals surface area (Å²) in [7, 11) is -3.56. The van der Waals surface area contributed by atoms with Crippen LogP contribution < -0.4 is 14.4 Å². The second kappa shape index (κ2) is 10.7. The highest BCUT2D eigenvalue weighted by Crippen LogP contribution is 2.24.